The van der Waals surface area contributed by atoms with Gasteiger partial charge in [0.2, 0.25) is 0 Å². The first-order valence-electron chi connectivity index (χ1n) is 15.7. The Morgan fingerprint density at radius 3 is 1.74 bits per heavy atom. The third kappa shape index (κ3) is 4.44. The van der Waals surface area contributed by atoms with Crippen LogP contribution >= 0.6 is 0 Å². The van der Waals surface area contributed by atoms with Crippen LogP contribution in [0.1, 0.15) is 6.92 Å². The average Bonchev–Trinajstić information content (AvgIpc) is 3.62. The molecule has 6 aromatic carbocycles. The van der Waals surface area contributed by atoms with Gasteiger partial charge < -0.3 is 14.0 Å². The van der Waals surface area contributed by atoms with Crippen molar-refractivity contribution in [3.05, 3.63) is 176 Å². The molecule has 0 amide bonds. The molecule has 8 aromatic rings. The number of hydrogen-bond donors (Lipinski definition) is 0. The van der Waals surface area contributed by atoms with Gasteiger partial charge in [-0.25, -0.2) is 0 Å². The van der Waals surface area contributed by atoms with Crippen molar-refractivity contribution in [2.75, 3.05) is 4.90 Å². The van der Waals surface area contributed by atoms with Gasteiger partial charge in [0.05, 0.1) is 22.1 Å². The maximum absolute atomic E-state index is 3.98. The normalized spacial score (nSPS) is 12.2. The Balaban J connectivity index is 1.37. The van der Waals surface area contributed by atoms with E-state index < -0.39 is 0 Å². The zero-order valence-corrected chi connectivity index (χ0v) is 25.7. The number of aromatic nitrogens is 2. The predicted octanol–water partition coefficient (Wildman–Crippen LogP) is 12.0. The number of nitrogens with zero attached hydrogens (tertiary/aromatic N) is 3. The highest BCUT2D eigenvalue weighted by Crippen LogP contribution is 2.42. The minimum absolute atomic E-state index is 1.08. The lowest BCUT2D eigenvalue weighted by atomic mass is 10.1. The average molecular weight is 592 g/mol. The van der Waals surface area contributed by atoms with Gasteiger partial charge in [0.1, 0.15) is 0 Å². The highest BCUT2D eigenvalue weighted by atomic mass is 15.1. The quantitative estimate of drug-likeness (QED) is 0.168. The fourth-order valence-corrected chi connectivity index (χ4v) is 6.85. The van der Waals surface area contributed by atoms with Crippen LogP contribution in [0.3, 0.4) is 0 Å². The largest absolute Gasteiger partial charge is 0.310 e. The lowest BCUT2D eigenvalue weighted by molar-refractivity contribution is 1.18. The first-order valence-corrected chi connectivity index (χ1v) is 15.7. The van der Waals surface area contributed by atoms with E-state index in [1.165, 1.54) is 38.1 Å². The Bertz CT molecular complexity index is 2440. The topological polar surface area (TPSA) is 13.1 Å². The van der Waals surface area contributed by atoms with Gasteiger partial charge in [-0.2, -0.15) is 0 Å². The molecule has 0 spiro atoms. The molecule has 0 N–H and O–H groups in total. The maximum Gasteiger partial charge on any atom is 0.0542 e. The number of fused-ring (bicyclic) bond motifs is 6. The Morgan fingerprint density at radius 2 is 1.07 bits per heavy atom. The Labute approximate surface area is 268 Å². The number of rotatable bonds is 7. The van der Waals surface area contributed by atoms with E-state index in [4.69, 9.17) is 0 Å². The highest BCUT2D eigenvalue weighted by Gasteiger charge is 2.19. The highest BCUT2D eigenvalue weighted by molar-refractivity contribution is 6.13. The van der Waals surface area contributed by atoms with Crippen LogP contribution in [0.25, 0.3) is 55.0 Å². The molecule has 8 rings (SSSR count). The standard InChI is InChI=1S/C43H33N3/c1-3-15-31(16-4-2)45-40-23-13-11-21-36(40)38-29-34(25-27-42(38)45)44(32-17-7-5-8-18-32)35-26-28-43-39(30-35)37-22-12-14-24-41(37)46(43)33-19-9-6-10-20-33/h3-30H,1H2,2H3/b16-4-,31-15+. The van der Waals surface area contributed by atoms with E-state index >= 15 is 0 Å². The van der Waals surface area contributed by atoms with Gasteiger partial charge in [0, 0.05) is 50.0 Å². The fourth-order valence-electron chi connectivity index (χ4n) is 6.85. The van der Waals surface area contributed by atoms with E-state index in [9.17, 15) is 0 Å². The van der Waals surface area contributed by atoms with Crippen molar-refractivity contribution in [2.24, 2.45) is 0 Å². The van der Waals surface area contributed by atoms with Crippen LogP contribution in [0.15, 0.2) is 176 Å². The van der Waals surface area contributed by atoms with Crippen molar-refractivity contribution in [1.82, 2.24) is 9.13 Å². The molecule has 2 aromatic heterocycles. The van der Waals surface area contributed by atoms with Crippen LogP contribution in [-0.4, -0.2) is 9.13 Å². The lowest BCUT2D eigenvalue weighted by Crippen LogP contribution is -2.09. The Kier molecular flexibility index (Phi) is 6.85. The smallest absolute Gasteiger partial charge is 0.0542 e. The fraction of sp³-hybridized carbons (Fsp3) is 0.0233. The molecule has 46 heavy (non-hydrogen) atoms. The minimum atomic E-state index is 1.08. The minimum Gasteiger partial charge on any atom is -0.310 e. The summed E-state index contributed by atoms with van der Waals surface area (Å²) in [6.45, 7) is 6.03. The molecule has 220 valence electrons. The monoisotopic (exact) mass is 591 g/mol. The van der Waals surface area contributed by atoms with Gasteiger partial charge in [-0.05, 0) is 91.9 Å². The van der Waals surface area contributed by atoms with Crippen molar-refractivity contribution in [3.8, 4) is 5.69 Å². The number of para-hydroxylation sites is 4. The molecule has 0 saturated carbocycles. The van der Waals surface area contributed by atoms with Gasteiger partial charge >= 0.3 is 0 Å². The predicted molar refractivity (Wildman–Crippen MR) is 198 cm³/mol. The zero-order chi connectivity index (χ0) is 31.0. The number of benzene rings is 6. The first kappa shape index (κ1) is 27.5. The summed E-state index contributed by atoms with van der Waals surface area (Å²) in [7, 11) is 0. The number of anilines is 3. The second-order valence-corrected chi connectivity index (χ2v) is 11.4. The van der Waals surface area contributed by atoms with Crippen molar-refractivity contribution in [1.29, 1.82) is 0 Å². The van der Waals surface area contributed by atoms with Crippen molar-refractivity contribution >= 4 is 66.4 Å². The number of hydrogen-bond acceptors (Lipinski definition) is 1. The van der Waals surface area contributed by atoms with Crippen LogP contribution in [0.5, 0.6) is 0 Å². The molecule has 3 nitrogen and oxygen atoms in total. The van der Waals surface area contributed by atoms with Crippen molar-refractivity contribution in [3.63, 3.8) is 0 Å². The van der Waals surface area contributed by atoms with Gasteiger partial charge in [-0.3, -0.25) is 0 Å². The lowest BCUT2D eigenvalue weighted by Gasteiger charge is -2.26. The van der Waals surface area contributed by atoms with Gasteiger partial charge in [-0.1, -0.05) is 91.5 Å². The molecule has 0 aliphatic carbocycles. The summed E-state index contributed by atoms with van der Waals surface area (Å²) in [4.78, 5) is 2.37. The van der Waals surface area contributed by atoms with E-state index in [1.54, 1.807) is 0 Å². The molecular formula is C43H33N3. The summed E-state index contributed by atoms with van der Waals surface area (Å²) in [5.41, 5.74) is 10.3. The zero-order valence-electron chi connectivity index (χ0n) is 25.7. The molecule has 0 aliphatic heterocycles. The van der Waals surface area contributed by atoms with E-state index in [0.717, 1.165) is 34.0 Å². The molecule has 0 saturated heterocycles. The molecule has 0 atom stereocenters. The summed E-state index contributed by atoms with van der Waals surface area (Å²) in [6, 6.07) is 52.3. The molecule has 0 fully saturated rings. The summed E-state index contributed by atoms with van der Waals surface area (Å²) >= 11 is 0. The molecule has 2 heterocycles. The van der Waals surface area contributed by atoms with Gasteiger partial charge in [-0.15, -0.1) is 0 Å². The third-order valence-electron chi connectivity index (χ3n) is 8.74. The van der Waals surface area contributed by atoms with E-state index in [2.05, 4.69) is 191 Å². The van der Waals surface area contributed by atoms with Crippen LogP contribution in [0.4, 0.5) is 17.1 Å². The van der Waals surface area contributed by atoms with Crippen molar-refractivity contribution in [2.45, 2.75) is 6.92 Å². The van der Waals surface area contributed by atoms with E-state index in [0.29, 0.717) is 0 Å². The molecule has 0 unspecified atom stereocenters. The summed E-state index contributed by atoms with van der Waals surface area (Å²) in [5.74, 6) is 0. The summed E-state index contributed by atoms with van der Waals surface area (Å²) in [5, 5.41) is 4.88. The van der Waals surface area contributed by atoms with Gasteiger partial charge in [0.15, 0.2) is 0 Å². The second kappa shape index (κ2) is 11.5. The third-order valence-corrected chi connectivity index (χ3v) is 8.74. The molecule has 0 bridgehead atoms. The second-order valence-electron chi connectivity index (χ2n) is 11.4. The van der Waals surface area contributed by atoms with E-state index in [-0.39, 0.29) is 0 Å². The molecule has 0 aliphatic rings. The number of allylic oxidation sites excluding steroid dienone is 5. The first-order chi connectivity index (χ1) is 22.8. The molecular weight excluding hydrogens is 558 g/mol. The molecule has 0 radical (unpaired) electrons. The van der Waals surface area contributed by atoms with Crippen LogP contribution in [-0.2, 0) is 0 Å². The van der Waals surface area contributed by atoms with Crippen molar-refractivity contribution < 1.29 is 0 Å². The van der Waals surface area contributed by atoms with Crippen LogP contribution in [0, 0.1) is 0 Å². The maximum atomic E-state index is 3.98. The van der Waals surface area contributed by atoms with Crippen LogP contribution in [0.2, 0.25) is 0 Å². The van der Waals surface area contributed by atoms with Crippen LogP contribution < -0.4 is 4.90 Å². The van der Waals surface area contributed by atoms with Gasteiger partial charge in [0.25, 0.3) is 0 Å². The molecule has 3 heteroatoms. The Morgan fingerprint density at radius 1 is 0.543 bits per heavy atom. The SMILES string of the molecule is C=C/C=C(\C=C/C)n1c2ccccc2c2cc(N(c3ccccc3)c3ccc4c(c3)c3ccccc3n4-c3ccccc3)ccc21. The Hall–Kier alpha value is -6.06. The summed E-state index contributed by atoms with van der Waals surface area (Å²) in [6.07, 6.45) is 8.13. The van der Waals surface area contributed by atoms with E-state index in [1.807, 2.05) is 6.08 Å². The summed E-state index contributed by atoms with van der Waals surface area (Å²) < 4.78 is 4.69.